The molecule has 2 amide bonds. The van der Waals surface area contributed by atoms with Crippen molar-refractivity contribution in [3.63, 3.8) is 0 Å². The van der Waals surface area contributed by atoms with Gasteiger partial charge < -0.3 is 9.47 Å². The van der Waals surface area contributed by atoms with E-state index in [0.29, 0.717) is 5.46 Å². The summed E-state index contributed by atoms with van der Waals surface area (Å²) in [6, 6.07) is 1.78. The molecule has 0 fully saturated rings. The van der Waals surface area contributed by atoms with Gasteiger partial charge in [-0.3, -0.25) is 10.2 Å². The Balaban J connectivity index is 2.33. The van der Waals surface area contributed by atoms with E-state index in [4.69, 9.17) is 17.3 Å². The van der Waals surface area contributed by atoms with E-state index in [1.807, 2.05) is 6.92 Å². The minimum atomic E-state index is -0.854. The van der Waals surface area contributed by atoms with Gasteiger partial charge in [-0.15, -0.1) is 11.3 Å². The number of thiophene rings is 1. The zero-order valence-electron chi connectivity index (χ0n) is 14.4. The molecule has 2 heterocycles. The lowest BCUT2D eigenvalue weighted by molar-refractivity contribution is 0.0558. The molecule has 1 N–H and O–H groups in total. The van der Waals surface area contributed by atoms with Crippen LogP contribution in [0.1, 0.15) is 32.6 Å². The molecule has 2 rings (SSSR count). The van der Waals surface area contributed by atoms with Crippen LogP contribution in [0.2, 0.25) is 0 Å². The lowest BCUT2D eigenvalue weighted by Gasteiger charge is -2.23. The van der Waals surface area contributed by atoms with Gasteiger partial charge in [-0.2, -0.15) is 0 Å². The number of cyclic esters (lactones) is 1. The fourth-order valence-corrected chi connectivity index (χ4v) is 2.89. The molecule has 9 heteroatoms. The molecule has 0 aromatic carbocycles. The Hall–Kier alpha value is -2.03. The number of rotatable bonds is 1. The highest BCUT2D eigenvalue weighted by Crippen LogP contribution is 2.31. The molecule has 1 aliphatic heterocycles. The largest absolute Gasteiger partial charge is 0.446 e. The van der Waals surface area contributed by atoms with Crippen LogP contribution in [-0.2, 0) is 15.0 Å². The van der Waals surface area contributed by atoms with E-state index in [1.54, 1.807) is 32.2 Å². The van der Waals surface area contributed by atoms with E-state index in [-0.39, 0.29) is 12.6 Å². The molecule has 1 aromatic heterocycles. The van der Waals surface area contributed by atoms with E-state index < -0.39 is 23.3 Å². The summed E-state index contributed by atoms with van der Waals surface area (Å²) in [6.07, 6.45) is -1.31. The first-order valence-corrected chi connectivity index (χ1v) is 8.23. The Morgan fingerprint density at radius 3 is 2.75 bits per heavy atom. The van der Waals surface area contributed by atoms with Crippen LogP contribution in [0.15, 0.2) is 16.4 Å². The molecule has 0 bridgehead atoms. The third kappa shape index (κ3) is 4.28. The SMILES string of the molecule is [B]c1csc(C2(C)COC(=O)N(C)C(NC(=O)OC(C)(C)C)=N2)c1. The van der Waals surface area contributed by atoms with Crippen molar-refractivity contribution in [2.75, 3.05) is 13.7 Å². The van der Waals surface area contributed by atoms with Crippen molar-refractivity contribution in [3.05, 3.63) is 16.3 Å². The van der Waals surface area contributed by atoms with Gasteiger partial charge in [0, 0.05) is 11.9 Å². The number of nitrogens with one attached hydrogen (secondary N) is 1. The number of hydrogen-bond donors (Lipinski definition) is 1. The summed E-state index contributed by atoms with van der Waals surface area (Å²) < 4.78 is 10.5. The highest BCUT2D eigenvalue weighted by Gasteiger charge is 2.36. The molecule has 1 aliphatic rings. The predicted octanol–water partition coefficient (Wildman–Crippen LogP) is 1.72. The first kappa shape index (κ1) is 18.3. The van der Waals surface area contributed by atoms with Crippen molar-refractivity contribution < 1.29 is 19.1 Å². The second-order valence-corrected chi connectivity index (χ2v) is 7.61. The summed E-state index contributed by atoms with van der Waals surface area (Å²) in [5.41, 5.74) is -0.912. The number of alkyl carbamates (subject to hydrolysis) is 1. The van der Waals surface area contributed by atoms with Crippen molar-refractivity contribution in [3.8, 4) is 0 Å². The van der Waals surface area contributed by atoms with Gasteiger partial charge in [-0.05, 0) is 33.1 Å². The summed E-state index contributed by atoms with van der Waals surface area (Å²) in [6.45, 7) is 7.09. The molecule has 1 aromatic rings. The zero-order valence-corrected chi connectivity index (χ0v) is 15.2. The normalized spacial score (nSPS) is 21.6. The van der Waals surface area contributed by atoms with Crippen molar-refractivity contribution in [1.29, 1.82) is 0 Å². The van der Waals surface area contributed by atoms with Crippen LogP contribution in [0.4, 0.5) is 9.59 Å². The number of guanidine groups is 1. The first-order chi connectivity index (χ1) is 11.0. The zero-order chi connectivity index (χ0) is 18.1. The predicted molar refractivity (Wildman–Crippen MR) is 93.0 cm³/mol. The Morgan fingerprint density at radius 1 is 1.54 bits per heavy atom. The third-order valence-electron chi connectivity index (χ3n) is 3.18. The number of ether oxygens (including phenoxy) is 2. The van der Waals surface area contributed by atoms with Crippen LogP contribution in [0.25, 0.3) is 0 Å². The van der Waals surface area contributed by atoms with E-state index in [1.165, 1.54) is 18.4 Å². The second-order valence-electron chi connectivity index (χ2n) is 6.69. The molecule has 24 heavy (non-hydrogen) atoms. The van der Waals surface area contributed by atoms with Crippen molar-refractivity contribution in [2.24, 2.45) is 4.99 Å². The summed E-state index contributed by atoms with van der Waals surface area (Å²) in [5.74, 6) is 0.0567. The smallest absolute Gasteiger partial charge is 0.416 e. The van der Waals surface area contributed by atoms with Crippen LogP contribution in [-0.4, -0.2) is 50.1 Å². The monoisotopic (exact) mass is 349 g/mol. The number of aliphatic imine (C=N–C) groups is 1. The van der Waals surface area contributed by atoms with Crippen molar-refractivity contribution in [2.45, 2.75) is 38.8 Å². The topological polar surface area (TPSA) is 80.2 Å². The molecule has 1 unspecified atom stereocenters. The number of amides is 2. The van der Waals surface area contributed by atoms with Gasteiger partial charge in [-0.25, -0.2) is 14.6 Å². The third-order valence-corrected chi connectivity index (χ3v) is 4.39. The van der Waals surface area contributed by atoms with E-state index >= 15 is 0 Å². The molecule has 2 radical (unpaired) electrons. The molecule has 0 saturated heterocycles. The number of hydrogen-bond acceptors (Lipinski definition) is 6. The minimum Gasteiger partial charge on any atom is -0.446 e. The van der Waals surface area contributed by atoms with Gasteiger partial charge in [0.25, 0.3) is 0 Å². The van der Waals surface area contributed by atoms with Gasteiger partial charge in [-0.1, -0.05) is 11.5 Å². The Bertz CT molecular complexity index is 683. The van der Waals surface area contributed by atoms with Gasteiger partial charge in [0.05, 0.1) is 0 Å². The highest BCUT2D eigenvalue weighted by atomic mass is 32.1. The maximum Gasteiger partial charge on any atom is 0.416 e. The molecular formula is C15H20BN3O4S. The molecule has 0 saturated carbocycles. The highest BCUT2D eigenvalue weighted by molar-refractivity contribution is 7.11. The molecule has 7 nitrogen and oxygen atoms in total. The molecular weight excluding hydrogens is 329 g/mol. The summed E-state index contributed by atoms with van der Waals surface area (Å²) in [5, 5.41) is 4.30. The van der Waals surface area contributed by atoms with Gasteiger partial charge in [0.2, 0.25) is 5.96 Å². The number of carbonyl (C=O) groups is 2. The van der Waals surface area contributed by atoms with Crippen LogP contribution in [0, 0.1) is 0 Å². The maximum atomic E-state index is 12.0. The molecule has 128 valence electrons. The Labute approximate surface area is 146 Å². The standard InChI is InChI=1S/C15H20BN3O4S/c1-14(2,3)23-12(20)17-11-18-15(4,8-22-13(21)19(11)5)10-6-9(16)7-24-10/h6-7H,8H2,1-5H3,(H,17,18,20). The van der Waals surface area contributed by atoms with Gasteiger partial charge in [0.1, 0.15) is 25.6 Å². The lowest BCUT2D eigenvalue weighted by Crippen LogP contribution is -2.46. The summed E-state index contributed by atoms with van der Waals surface area (Å²) >= 11 is 1.41. The minimum absolute atomic E-state index is 0.0373. The quantitative estimate of drug-likeness (QED) is 0.783. The number of nitrogens with zero attached hydrogens (tertiary/aromatic N) is 2. The van der Waals surface area contributed by atoms with Crippen LogP contribution in [0.5, 0.6) is 0 Å². The van der Waals surface area contributed by atoms with E-state index in [9.17, 15) is 9.59 Å². The maximum absolute atomic E-state index is 12.0. The lowest BCUT2D eigenvalue weighted by atomic mass is 9.95. The average molecular weight is 349 g/mol. The fraction of sp³-hybridized carbons (Fsp3) is 0.533. The average Bonchev–Trinajstić information content (AvgIpc) is 2.84. The van der Waals surface area contributed by atoms with Crippen molar-refractivity contribution >= 4 is 42.8 Å². The number of carbonyl (C=O) groups excluding carboxylic acids is 2. The summed E-state index contributed by atoms with van der Waals surface area (Å²) in [4.78, 5) is 30.5. The second kappa shape index (κ2) is 6.47. The van der Waals surface area contributed by atoms with Gasteiger partial charge >= 0.3 is 12.2 Å². The van der Waals surface area contributed by atoms with Gasteiger partial charge in [0.15, 0.2) is 0 Å². The van der Waals surface area contributed by atoms with Crippen LogP contribution in [0.3, 0.4) is 0 Å². The summed E-state index contributed by atoms with van der Waals surface area (Å²) in [7, 11) is 7.24. The van der Waals surface area contributed by atoms with Crippen LogP contribution >= 0.6 is 11.3 Å². The Kier molecular flexibility index (Phi) is 4.93. The van der Waals surface area contributed by atoms with E-state index in [0.717, 1.165) is 9.78 Å². The van der Waals surface area contributed by atoms with E-state index in [2.05, 4.69) is 10.3 Å². The fourth-order valence-electron chi connectivity index (χ4n) is 1.99. The molecule has 1 atom stereocenters. The first-order valence-electron chi connectivity index (χ1n) is 7.35. The van der Waals surface area contributed by atoms with Crippen molar-refractivity contribution in [1.82, 2.24) is 10.2 Å². The van der Waals surface area contributed by atoms with Crippen LogP contribution < -0.4 is 10.8 Å². The Morgan fingerprint density at radius 2 is 2.21 bits per heavy atom. The molecule has 0 spiro atoms. The molecule has 0 aliphatic carbocycles.